The maximum atomic E-state index is 9.14. The largest absolute Gasteiger partial charge is 0.368 e. The van der Waals surface area contributed by atoms with Crippen molar-refractivity contribution in [3.8, 4) is 0 Å². The molecule has 0 bridgehead atoms. The summed E-state index contributed by atoms with van der Waals surface area (Å²) in [5, 5.41) is 9.14. The molecule has 1 heterocycles. The van der Waals surface area contributed by atoms with Crippen LogP contribution in [-0.2, 0) is 4.74 Å². The first-order valence-corrected chi connectivity index (χ1v) is 4.21. The van der Waals surface area contributed by atoms with Crippen LogP contribution in [0.4, 0.5) is 0 Å². The topological polar surface area (TPSA) is 29.5 Å². The highest BCUT2D eigenvalue weighted by Gasteiger charge is 2.24. The monoisotopic (exact) mass is 164 g/mol. The molecule has 2 atom stereocenters. The summed E-state index contributed by atoms with van der Waals surface area (Å²) in [7, 11) is 0. The first-order chi connectivity index (χ1) is 5.86. The molecule has 0 unspecified atom stereocenters. The number of rotatable bonds is 1. The standard InChI is InChI=1S/C10H12O2/c11-10-6-9(7-12-10)8-4-2-1-3-5-8/h1-5,9-11H,6-7H2/t9-,10+/m0/s1. The van der Waals surface area contributed by atoms with Gasteiger partial charge < -0.3 is 9.84 Å². The Bertz CT molecular complexity index is 245. The number of aliphatic hydroxyl groups is 1. The van der Waals surface area contributed by atoms with Crippen LogP contribution >= 0.6 is 0 Å². The molecule has 2 nitrogen and oxygen atoms in total. The summed E-state index contributed by atoms with van der Waals surface area (Å²) in [4.78, 5) is 0. The first-order valence-electron chi connectivity index (χ1n) is 4.21. The van der Waals surface area contributed by atoms with Crippen LogP contribution in [0.1, 0.15) is 17.9 Å². The van der Waals surface area contributed by atoms with Crippen molar-refractivity contribution in [1.29, 1.82) is 0 Å². The Morgan fingerprint density at radius 3 is 2.58 bits per heavy atom. The normalized spacial score (nSPS) is 29.1. The lowest BCUT2D eigenvalue weighted by molar-refractivity contribution is -0.0589. The smallest absolute Gasteiger partial charge is 0.155 e. The molecule has 0 spiro atoms. The number of benzene rings is 1. The number of hydrogen-bond acceptors (Lipinski definition) is 2. The van der Waals surface area contributed by atoms with Crippen LogP contribution < -0.4 is 0 Å². The van der Waals surface area contributed by atoms with Gasteiger partial charge in [0.05, 0.1) is 6.61 Å². The first kappa shape index (κ1) is 7.77. The molecule has 1 fully saturated rings. The van der Waals surface area contributed by atoms with Gasteiger partial charge >= 0.3 is 0 Å². The van der Waals surface area contributed by atoms with E-state index in [1.165, 1.54) is 5.56 Å². The van der Waals surface area contributed by atoms with Gasteiger partial charge in [-0.15, -0.1) is 0 Å². The summed E-state index contributed by atoms with van der Waals surface area (Å²) >= 11 is 0. The van der Waals surface area contributed by atoms with E-state index in [1.807, 2.05) is 18.2 Å². The molecule has 1 aromatic carbocycles. The Labute approximate surface area is 71.8 Å². The third-order valence-electron chi connectivity index (χ3n) is 2.25. The molecule has 1 saturated heterocycles. The Morgan fingerprint density at radius 2 is 2.00 bits per heavy atom. The van der Waals surface area contributed by atoms with Crippen LogP contribution in [-0.4, -0.2) is 18.0 Å². The zero-order chi connectivity index (χ0) is 8.39. The van der Waals surface area contributed by atoms with Crippen molar-refractivity contribution in [2.45, 2.75) is 18.6 Å². The molecule has 0 amide bonds. The summed E-state index contributed by atoms with van der Waals surface area (Å²) in [6.07, 6.45) is 0.166. The Morgan fingerprint density at radius 1 is 1.25 bits per heavy atom. The molecule has 1 N–H and O–H groups in total. The molecule has 0 radical (unpaired) electrons. The zero-order valence-electron chi connectivity index (χ0n) is 6.81. The number of aliphatic hydroxyl groups excluding tert-OH is 1. The molecule has 1 aliphatic heterocycles. The van der Waals surface area contributed by atoms with Gasteiger partial charge in [-0.25, -0.2) is 0 Å². The molecule has 1 aliphatic rings. The Balaban J connectivity index is 2.11. The average molecular weight is 164 g/mol. The quantitative estimate of drug-likeness (QED) is 0.681. The molecule has 64 valence electrons. The van der Waals surface area contributed by atoms with Gasteiger partial charge in [0.2, 0.25) is 0 Å². The van der Waals surface area contributed by atoms with E-state index in [0.717, 1.165) is 6.42 Å². The van der Waals surface area contributed by atoms with Gasteiger partial charge in [-0.1, -0.05) is 30.3 Å². The highest BCUT2D eigenvalue weighted by atomic mass is 16.6. The van der Waals surface area contributed by atoms with E-state index in [-0.39, 0.29) is 0 Å². The van der Waals surface area contributed by atoms with E-state index in [2.05, 4.69) is 12.1 Å². The van der Waals surface area contributed by atoms with Crippen molar-refractivity contribution < 1.29 is 9.84 Å². The predicted molar refractivity (Wildman–Crippen MR) is 45.8 cm³/mol. The maximum absolute atomic E-state index is 9.14. The minimum Gasteiger partial charge on any atom is -0.368 e. The van der Waals surface area contributed by atoms with Crippen molar-refractivity contribution in [1.82, 2.24) is 0 Å². The Kier molecular flexibility index (Phi) is 2.11. The second-order valence-corrected chi connectivity index (χ2v) is 3.13. The highest BCUT2D eigenvalue weighted by Crippen LogP contribution is 2.27. The van der Waals surface area contributed by atoms with E-state index in [4.69, 9.17) is 9.84 Å². The molecule has 1 aromatic rings. The lowest BCUT2D eigenvalue weighted by Crippen LogP contribution is -2.00. The average Bonchev–Trinajstić information content (AvgIpc) is 2.54. The van der Waals surface area contributed by atoms with Crippen LogP contribution in [0.5, 0.6) is 0 Å². The Hall–Kier alpha value is -0.860. The summed E-state index contributed by atoms with van der Waals surface area (Å²) in [5.74, 6) is 0.376. The van der Waals surface area contributed by atoms with E-state index >= 15 is 0 Å². The van der Waals surface area contributed by atoms with E-state index in [1.54, 1.807) is 0 Å². The van der Waals surface area contributed by atoms with E-state index < -0.39 is 6.29 Å². The van der Waals surface area contributed by atoms with Gasteiger partial charge in [-0.3, -0.25) is 0 Å². The summed E-state index contributed by atoms with van der Waals surface area (Å²) in [6, 6.07) is 10.2. The van der Waals surface area contributed by atoms with Crippen LogP contribution in [0.15, 0.2) is 30.3 Å². The van der Waals surface area contributed by atoms with Crippen molar-refractivity contribution in [3.05, 3.63) is 35.9 Å². The fraction of sp³-hybridized carbons (Fsp3) is 0.400. The number of ether oxygens (including phenoxy) is 1. The van der Waals surface area contributed by atoms with Gasteiger partial charge in [0.15, 0.2) is 6.29 Å². The van der Waals surface area contributed by atoms with Crippen molar-refractivity contribution in [3.63, 3.8) is 0 Å². The van der Waals surface area contributed by atoms with E-state index in [9.17, 15) is 0 Å². The van der Waals surface area contributed by atoms with Crippen LogP contribution in [0.3, 0.4) is 0 Å². The summed E-state index contributed by atoms with van der Waals surface area (Å²) in [6.45, 7) is 0.644. The molecule has 0 aliphatic carbocycles. The third kappa shape index (κ3) is 1.49. The molecule has 2 rings (SSSR count). The molecule has 0 aromatic heterocycles. The summed E-state index contributed by atoms with van der Waals surface area (Å²) in [5.41, 5.74) is 1.26. The second kappa shape index (κ2) is 3.25. The zero-order valence-corrected chi connectivity index (χ0v) is 6.81. The molecule has 0 saturated carbocycles. The SMILES string of the molecule is O[C@H]1C[C@H](c2ccccc2)CO1. The predicted octanol–water partition coefficient (Wildman–Crippen LogP) is 1.51. The van der Waals surface area contributed by atoms with Crippen molar-refractivity contribution in [2.75, 3.05) is 6.61 Å². The maximum Gasteiger partial charge on any atom is 0.155 e. The lowest BCUT2D eigenvalue weighted by atomic mass is 9.98. The van der Waals surface area contributed by atoms with Crippen molar-refractivity contribution >= 4 is 0 Å². The minimum atomic E-state index is -0.560. The van der Waals surface area contributed by atoms with Crippen molar-refractivity contribution in [2.24, 2.45) is 0 Å². The van der Waals surface area contributed by atoms with Crippen LogP contribution in [0.25, 0.3) is 0 Å². The van der Waals surface area contributed by atoms with Crippen LogP contribution in [0, 0.1) is 0 Å². The molecular weight excluding hydrogens is 152 g/mol. The fourth-order valence-corrected chi connectivity index (χ4v) is 1.56. The van der Waals surface area contributed by atoms with Gasteiger partial charge in [-0.05, 0) is 5.56 Å². The third-order valence-corrected chi connectivity index (χ3v) is 2.25. The minimum absolute atomic E-state index is 0.376. The lowest BCUT2D eigenvalue weighted by Gasteiger charge is -2.05. The van der Waals surface area contributed by atoms with Gasteiger partial charge in [-0.2, -0.15) is 0 Å². The fourth-order valence-electron chi connectivity index (χ4n) is 1.56. The van der Waals surface area contributed by atoms with Gasteiger partial charge in [0.1, 0.15) is 0 Å². The summed E-state index contributed by atoms with van der Waals surface area (Å²) < 4.78 is 5.08. The highest BCUT2D eigenvalue weighted by molar-refractivity contribution is 5.20. The van der Waals surface area contributed by atoms with Crippen LogP contribution in [0.2, 0.25) is 0 Å². The molecule has 12 heavy (non-hydrogen) atoms. The van der Waals surface area contributed by atoms with E-state index in [0.29, 0.717) is 12.5 Å². The second-order valence-electron chi connectivity index (χ2n) is 3.13. The molecule has 2 heteroatoms. The molecular formula is C10H12O2. The van der Waals surface area contributed by atoms with Gasteiger partial charge in [0.25, 0.3) is 0 Å². The van der Waals surface area contributed by atoms with Gasteiger partial charge in [0, 0.05) is 12.3 Å². The number of hydrogen-bond donors (Lipinski definition) is 1.